The van der Waals surface area contributed by atoms with E-state index < -0.39 is 11.7 Å². The average molecular weight is 391 g/mol. The van der Waals surface area contributed by atoms with E-state index in [4.69, 9.17) is 9.47 Å². The maximum absolute atomic E-state index is 13.6. The van der Waals surface area contributed by atoms with Crippen molar-refractivity contribution in [1.29, 1.82) is 0 Å². The molecule has 7 nitrogen and oxygen atoms in total. The number of esters is 1. The summed E-state index contributed by atoms with van der Waals surface area (Å²) in [5, 5.41) is 5.83. The second-order valence-corrected chi connectivity index (χ2v) is 6.74. The Hall–Kier alpha value is -3.61. The molecule has 0 bridgehead atoms. The fraction of sp³-hybridized carbons (Fsp3) is 0.227. The van der Waals surface area contributed by atoms with Gasteiger partial charge in [0.15, 0.2) is 0 Å². The normalized spacial score (nSPS) is 19.8. The molecule has 2 aliphatic heterocycles. The van der Waals surface area contributed by atoms with Gasteiger partial charge in [-0.05, 0) is 32.0 Å². The molecule has 4 rings (SSSR count). The number of nitrogens with zero attached hydrogens (tertiary/aromatic N) is 3. The number of hydrogen-bond acceptors (Lipinski definition) is 6. The van der Waals surface area contributed by atoms with E-state index >= 15 is 0 Å². The van der Waals surface area contributed by atoms with Gasteiger partial charge in [0.2, 0.25) is 0 Å². The van der Waals surface area contributed by atoms with E-state index in [1.54, 1.807) is 24.0 Å². The molecule has 2 aromatic rings. The molecule has 0 saturated heterocycles. The second kappa shape index (κ2) is 7.09. The molecule has 0 aliphatic carbocycles. The Labute approximate surface area is 168 Å². The van der Waals surface area contributed by atoms with Gasteiger partial charge in [0.1, 0.15) is 0 Å². The molecule has 2 aliphatic rings. The number of anilines is 2. The molecule has 0 radical (unpaired) electrons. The van der Waals surface area contributed by atoms with Crippen LogP contribution in [-0.2, 0) is 24.8 Å². The van der Waals surface area contributed by atoms with Crippen LogP contribution in [0.2, 0.25) is 0 Å². The van der Waals surface area contributed by atoms with Gasteiger partial charge in [0.05, 0.1) is 23.5 Å². The molecule has 1 amide bonds. The average Bonchev–Trinajstić information content (AvgIpc) is 3.23. The molecule has 1 unspecified atom stereocenters. The zero-order valence-corrected chi connectivity index (χ0v) is 16.3. The predicted molar refractivity (Wildman–Crippen MR) is 109 cm³/mol. The lowest BCUT2D eigenvalue weighted by molar-refractivity contribution is -0.139. The van der Waals surface area contributed by atoms with Gasteiger partial charge in [0, 0.05) is 6.54 Å². The van der Waals surface area contributed by atoms with Crippen LogP contribution in [0.15, 0.2) is 66.3 Å². The van der Waals surface area contributed by atoms with Crippen molar-refractivity contribution in [2.24, 2.45) is 5.10 Å². The highest BCUT2D eigenvalue weighted by atomic mass is 16.6. The fourth-order valence-corrected chi connectivity index (χ4v) is 3.58. The summed E-state index contributed by atoms with van der Waals surface area (Å²) in [7, 11) is 0. The first kappa shape index (κ1) is 18.7. The Morgan fingerprint density at radius 1 is 1.24 bits per heavy atom. The minimum Gasteiger partial charge on any atom is -0.459 e. The molecule has 0 N–H and O–H groups in total. The van der Waals surface area contributed by atoms with Crippen LogP contribution in [0.25, 0.3) is 0 Å². The molecule has 0 aromatic heterocycles. The third-order valence-electron chi connectivity index (χ3n) is 4.87. The van der Waals surface area contributed by atoms with Crippen molar-refractivity contribution in [3.05, 3.63) is 72.3 Å². The predicted octanol–water partition coefficient (Wildman–Crippen LogP) is 3.09. The van der Waals surface area contributed by atoms with E-state index in [9.17, 15) is 9.59 Å². The van der Waals surface area contributed by atoms with Gasteiger partial charge in [-0.1, -0.05) is 42.0 Å². The van der Waals surface area contributed by atoms with E-state index in [2.05, 4.69) is 11.7 Å². The second-order valence-electron chi connectivity index (χ2n) is 6.74. The van der Waals surface area contributed by atoms with Crippen molar-refractivity contribution in [2.75, 3.05) is 23.1 Å². The van der Waals surface area contributed by atoms with Gasteiger partial charge < -0.3 is 14.4 Å². The summed E-state index contributed by atoms with van der Waals surface area (Å²) in [6.45, 7) is 7.89. The number of aryl methyl sites for hydroxylation is 1. The highest BCUT2D eigenvalue weighted by Gasteiger charge is 2.62. The Kier molecular flexibility index (Phi) is 4.58. The van der Waals surface area contributed by atoms with Crippen LogP contribution in [0, 0.1) is 6.92 Å². The number of amides is 1. The minimum atomic E-state index is -1.61. The zero-order chi connectivity index (χ0) is 20.6. The molecule has 2 heterocycles. The van der Waals surface area contributed by atoms with E-state index in [0.29, 0.717) is 23.5 Å². The van der Waals surface area contributed by atoms with E-state index in [1.165, 1.54) is 5.01 Å². The maximum Gasteiger partial charge on any atom is 0.395 e. The van der Waals surface area contributed by atoms with Crippen LogP contribution in [0.3, 0.4) is 0 Å². The first-order valence-corrected chi connectivity index (χ1v) is 9.37. The third kappa shape index (κ3) is 2.77. The number of fused-ring (bicyclic) bond motifs is 2. The van der Waals surface area contributed by atoms with Gasteiger partial charge >= 0.3 is 17.6 Å². The summed E-state index contributed by atoms with van der Waals surface area (Å²) in [5.41, 5.74) is 1.37. The van der Waals surface area contributed by atoms with E-state index in [-0.39, 0.29) is 18.4 Å². The number of hydrazone groups is 1. The summed E-state index contributed by atoms with van der Waals surface area (Å²) >= 11 is 0. The van der Waals surface area contributed by atoms with Gasteiger partial charge in [-0.15, -0.1) is 11.7 Å². The van der Waals surface area contributed by atoms with Crippen LogP contribution in [0.1, 0.15) is 18.1 Å². The molecule has 1 atom stereocenters. The van der Waals surface area contributed by atoms with E-state index in [1.807, 2.05) is 49.4 Å². The van der Waals surface area contributed by atoms with Crippen molar-refractivity contribution in [1.82, 2.24) is 0 Å². The largest absolute Gasteiger partial charge is 0.459 e. The van der Waals surface area contributed by atoms with Crippen LogP contribution >= 0.6 is 0 Å². The molecule has 0 fully saturated rings. The summed E-state index contributed by atoms with van der Waals surface area (Å²) in [4.78, 5) is 27.6. The van der Waals surface area contributed by atoms with Crippen LogP contribution in [0.5, 0.6) is 0 Å². The van der Waals surface area contributed by atoms with Crippen LogP contribution in [-0.4, -0.2) is 30.9 Å². The lowest BCUT2D eigenvalue weighted by atomic mass is 10.0. The maximum atomic E-state index is 13.6. The quantitative estimate of drug-likeness (QED) is 0.579. The Morgan fingerprint density at radius 3 is 2.66 bits per heavy atom. The van der Waals surface area contributed by atoms with Gasteiger partial charge in [-0.25, -0.2) is 9.80 Å². The monoisotopic (exact) mass is 391 g/mol. The molecular weight excluding hydrogens is 370 g/mol. The zero-order valence-electron chi connectivity index (χ0n) is 16.3. The SMILES string of the molecule is C=CCN1C(=O)C2(OC(C(=O)OCC)=NN2c2ccc(C)cc2)c2ccccc21. The fourth-order valence-electron chi connectivity index (χ4n) is 3.58. The summed E-state index contributed by atoms with van der Waals surface area (Å²) in [6, 6.07) is 14.8. The first-order chi connectivity index (χ1) is 14.0. The number of hydrogen-bond donors (Lipinski definition) is 0. The molecule has 1 spiro atoms. The highest BCUT2D eigenvalue weighted by molar-refractivity contribution is 6.34. The van der Waals surface area contributed by atoms with Crippen molar-refractivity contribution >= 4 is 29.1 Å². The Bertz CT molecular complexity index is 1010. The molecule has 0 saturated carbocycles. The molecule has 29 heavy (non-hydrogen) atoms. The smallest absolute Gasteiger partial charge is 0.395 e. The topological polar surface area (TPSA) is 71.4 Å². The number of para-hydroxylation sites is 1. The van der Waals surface area contributed by atoms with Gasteiger partial charge in [-0.3, -0.25) is 4.79 Å². The van der Waals surface area contributed by atoms with Crippen LogP contribution in [0.4, 0.5) is 11.4 Å². The number of ether oxygens (including phenoxy) is 2. The standard InChI is InChI=1S/C22H21N3O4/c1-4-14-24-18-9-7-6-8-17(18)22(21(24)27)25(16-12-10-15(3)11-13-16)23-19(29-22)20(26)28-5-2/h4,6-13H,1,5,14H2,2-3H3. The first-order valence-electron chi connectivity index (χ1n) is 9.37. The summed E-state index contributed by atoms with van der Waals surface area (Å²) < 4.78 is 11.1. The van der Waals surface area contributed by atoms with Crippen molar-refractivity contribution in [3.8, 4) is 0 Å². The highest BCUT2D eigenvalue weighted by Crippen LogP contribution is 2.49. The number of rotatable bonds is 5. The Morgan fingerprint density at radius 2 is 1.97 bits per heavy atom. The van der Waals surface area contributed by atoms with E-state index in [0.717, 1.165) is 5.56 Å². The summed E-state index contributed by atoms with van der Waals surface area (Å²) in [5.74, 6) is -1.31. The molecular formula is C22H21N3O4. The Balaban J connectivity index is 1.90. The third-order valence-corrected chi connectivity index (χ3v) is 4.87. The van der Waals surface area contributed by atoms with Crippen LogP contribution < -0.4 is 9.91 Å². The molecule has 2 aromatic carbocycles. The van der Waals surface area contributed by atoms with Gasteiger partial charge in [-0.2, -0.15) is 0 Å². The lowest BCUT2D eigenvalue weighted by Crippen LogP contribution is -2.51. The van der Waals surface area contributed by atoms with Crippen molar-refractivity contribution in [3.63, 3.8) is 0 Å². The van der Waals surface area contributed by atoms with Gasteiger partial charge in [0.25, 0.3) is 5.91 Å². The number of carbonyl (C=O) groups excluding carboxylic acids is 2. The number of carbonyl (C=O) groups is 2. The minimum absolute atomic E-state index is 0.172. The molecule has 7 heteroatoms. The van der Waals surface area contributed by atoms with Crippen molar-refractivity contribution in [2.45, 2.75) is 19.6 Å². The lowest BCUT2D eigenvalue weighted by Gasteiger charge is -2.31. The summed E-state index contributed by atoms with van der Waals surface area (Å²) in [6.07, 6.45) is 1.64. The molecule has 148 valence electrons. The van der Waals surface area contributed by atoms with Crippen molar-refractivity contribution < 1.29 is 19.1 Å². The number of benzene rings is 2.